The van der Waals surface area contributed by atoms with E-state index < -0.39 is 17.5 Å². The fourth-order valence-corrected chi connectivity index (χ4v) is 2.20. The Balaban J connectivity index is 1.88. The lowest BCUT2D eigenvalue weighted by Crippen LogP contribution is -2.55. The van der Waals surface area contributed by atoms with E-state index in [9.17, 15) is 14.7 Å². The predicted octanol–water partition coefficient (Wildman–Crippen LogP) is 0.575. The quantitative estimate of drug-likeness (QED) is 0.735. The average molecular weight is 268 g/mol. The minimum atomic E-state index is -1.14. The maximum absolute atomic E-state index is 11.7. The first-order valence-corrected chi connectivity index (χ1v) is 6.10. The Morgan fingerprint density at radius 1 is 1.42 bits per heavy atom. The van der Waals surface area contributed by atoms with Crippen molar-refractivity contribution in [3.8, 4) is 0 Å². The monoisotopic (exact) mass is 268 g/mol. The molecule has 0 unspecified atom stereocenters. The third-order valence-electron chi connectivity index (χ3n) is 3.19. The van der Waals surface area contributed by atoms with Crippen LogP contribution in [-0.2, 0) is 11.3 Å². The smallest absolute Gasteiger partial charge is 0.329 e. The van der Waals surface area contributed by atoms with Gasteiger partial charge in [0.05, 0.1) is 6.54 Å². The first kappa shape index (κ1) is 13.3. The topological polar surface area (TPSA) is 117 Å². The Morgan fingerprint density at radius 3 is 2.63 bits per heavy atom. The van der Waals surface area contributed by atoms with Crippen molar-refractivity contribution in [1.82, 2.24) is 20.8 Å². The summed E-state index contributed by atoms with van der Waals surface area (Å²) in [5.74, 6) is -0.229. The highest BCUT2D eigenvalue weighted by molar-refractivity contribution is 5.86. The highest BCUT2D eigenvalue weighted by Gasteiger charge is 2.42. The van der Waals surface area contributed by atoms with Crippen LogP contribution in [0.1, 0.15) is 37.4 Å². The molecular weight excluding hydrogens is 252 g/mol. The van der Waals surface area contributed by atoms with Crippen molar-refractivity contribution < 1.29 is 19.2 Å². The van der Waals surface area contributed by atoms with Crippen LogP contribution in [0.25, 0.3) is 0 Å². The molecule has 8 nitrogen and oxygen atoms in total. The van der Waals surface area contributed by atoms with Gasteiger partial charge in [0.25, 0.3) is 0 Å². The molecule has 2 rings (SSSR count). The molecule has 1 aliphatic carbocycles. The van der Waals surface area contributed by atoms with Gasteiger partial charge in [-0.05, 0) is 19.8 Å². The van der Waals surface area contributed by atoms with Gasteiger partial charge in [0, 0.05) is 0 Å². The van der Waals surface area contributed by atoms with E-state index in [-0.39, 0.29) is 12.4 Å². The number of carbonyl (C=O) groups excluding carboxylic acids is 1. The van der Waals surface area contributed by atoms with Gasteiger partial charge in [-0.25, -0.2) is 9.59 Å². The fourth-order valence-electron chi connectivity index (χ4n) is 2.20. The van der Waals surface area contributed by atoms with Crippen molar-refractivity contribution in [2.24, 2.45) is 0 Å². The number of aryl methyl sites for hydroxylation is 1. The molecule has 0 saturated heterocycles. The van der Waals surface area contributed by atoms with Gasteiger partial charge in [-0.1, -0.05) is 18.0 Å². The van der Waals surface area contributed by atoms with Crippen LogP contribution in [0.2, 0.25) is 0 Å². The van der Waals surface area contributed by atoms with Crippen LogP contribution >= 0.6 is 0 Å². The number of carboxylic acids is 1. The summed E-state index contributed by atoms with van der Waals surface area (Å²) >= 11 is 0. The second-order valence-electron chi connectivity index (χ2n) is 4.64. The molecule has 0 aromatic carbocycles. The Kier molecular flexibility index (Phi) is 3.68. The number of nitrogens with zero attached hydrogens (tertiary/aromatic N) is 2. The summed E-state index contributed by atoms with van der Waals surface area (Å²) in [7, 11) is 0. The van der Waals surface area contributed by atoms with E-state index in [1.165, 1.54) is 0 Å². The summed E-state index contributed by atoms with van der Waals surface area (Å²) in [6.07, 6.45) is 2.51. The van der Waals surface area contributed by atoms with Gasteiger partial charge in [0.1, 0.15) is 5.54 Å². The van der Waals surface area contributed by atoms with E-state index >= 15 is 0 Å². The van der Waals surface area contributed by atoms with Gasteiger partial charge >= 0.3 is 12.0 Å². The standard InChI is InChI=1S/C11H16N4O4/c1-7-13-8(19-15-7)6-12-10(18)14-11(9(16)17)4-2-3-5-11/h2-6H2,1H3,(H,16,17)(H2,12,14,18). The lowest BCUT2D eigenvalue weighted by atomic mass is 9.98. The number of carboxylic acid groups (broad SMARTS) is 1. The van der Waals surface area contributed by atoms with Crippen LogP contribution in [-0.4, -0.2) is 32.8 Å². The van der Waals surface area contributed by atoms with Gasteiger partial charge in [0.2, 0.25) is 5.89 Å². The van der Waals surface area contributed by atoms with Crippen LogP contribution < -0.4 is 10.6 Å². The molecule has 1 aromatic rings. The number of hydrogen-bond acceptors (Lipinski definition) is 5. The molecule has 1 heterocycles. The van der Waals surface area contributed by atoms with E-state index in [2.05, 4.69) is 20.8 Å². The van der Waals surface area contributed by atoms with Crippen molar-refractivity contribution in [3.63, 3.8) is 0 Å². The lowest BCUT2D eigenvalue weighted by molar-refractivity contribution is -0.144. The normalized spacial score (nSPS) is 17.1. The number of nitrogens with one attached hydrogen (secondary N) is 2. The van der Waals surface area contributed by atoms with Crippen LogP contribution in [0, 0.1) is 6.92 Å². The highest BCUT2D eigenvalue weighted by atomic mass is 16.5. The minimum absolute atomic E-state index is 0.0718. The molecule has 19 heavy (non-hydrogen) atoms. The van der Waals surface area contributed by atoms with E-state index in [0.29, 0.717) is 18.7 Å². The average Bonchev–Trinajstić information content (AvgIpc) is 2.97. The largest absolute Gasteiger partial charge is 0.480 e. The van der Waals surface area contributed by atoms with Gasteiger partial charge < -0.3 is 20.3 Å². The predicted molar refractivity (Wildman–Crippen MR) is 63.2 cm³/mol. The summed E-state index contributed by atoms with van der Waals surface area (Å²) in [6.45, 7) is 1.74. The van der Waals surface area contributed by atoms with Crippen LogP contribution in [0.15, 0.2) is 4.52 Å². The number of amides is 2. The Labute approximate surface area is 109 Å². The molecule has 8 heteroatoms. The first-order chi connectivity index (χ1) is 9.02. The zero-order valence-electron chi connectivity index (χ0n) is 10.6. The van der Waals surface area contributed by atoms with E-state index in [0.717, 1.165) is 12.8 Å². The number of hydrogen-bond donors (Lipinski definition) is 3. The number of aliphatic carboxylic acids is 1. The van der Waals surface area contributed by atoms with E-state index in [1.807, 2.05) is 0 Å². The van der Waals surface area contributed by atoms with Crippen LogP contribution in [0.3, 0.4) is 0 Å². The number of rotatable bonds is 4. The molecule has 0 atom stereocenters. The second kappa shape index (κ2) is 5.25. The molecule has 1 fully saturated rings. The molecule has 0 aliphatic heterocycles. The number of urea groups is 1. The third kappa shape index (κ3) is 3.01. The number of aromatic nitrogens is 2. The zero-order chi connectivity index (χ0) is 13.9. The molecule has 0 spiro atoms. The summed E-state index contributed by atoms with van der Waals surface area (Å²) in [5, 5.41) is 17.8. The van der Waals surface area contributed by atoms with Gasteiger partial charge in [-0.3, -0.25) is 0 Å². The van der Waals surface area contributed by atoms with Crippen molar-refractivity contribution in [2.45, 2.75) is 44.7 Å². The van der Waals surface area contributed by atoms with E-state index in [4.69, 9.17) is 4.52 Å². The zero-order valence-corrected chi connectivity index (χ0v) is 10.6. The molecule has 2 amide bonds. The molecule has 104 valence electrons. The molecule has 3 N–H and O–H groups in total. The Bertz CT molecular complexity index is 479. The molecule has 1 saturated carbocycles. The van der Waals surface area contributed by atoms with Crippen molar-refractivity contribution in [1.29, 1.82) is 0 Å². The summed E-state index contributed by atoms with van der Waals surface area (Å²) in [6, 6.07) is -0.542. The van der Waals surface area contributed by atoms with Gasteiger partial charge in [-0.2, -0.15) is 4.98 Å². The van der Waals surface area contributed by atoms with Crippen LogP contribution in [0.5, 0.6) is 0 Å². The van der Waals surface area contributed by atoms with E-state index in [1.54, 1.807) is 6.92 Å². The first-order valence-electron chi connectivity index (χ1n) is 6.10. The third-order valence-corrected chi connectivity index (χ3v) is 3.19. The van der Waals surface area contributed by atoms with Crippen molar-refractivity contribution in [2.75, 3.05) is 0 Å². The Morgan fingerprint density at radius 2 is 2.11 bits per heavy atom. The van der Waals surface area contributed by atoms with Crippen molar-refractivity contribution in [3.05, 3.63) is 11.7 Å². The minimum Gasteiger partial charge on any atom is -0.480 e. The van der Waals surface area contributed by atoms with Gasteiger partial charge in [0.15, 0.2) is 5.82 Å². The number of carbonyl (C=O) groups is 2. The molecule has 0 bridgehead atoms. The van der Waals surface area contributed by atoms with Gasteiger partial charge in [-0.15, -0.1) is 0 Å². The van der Waals surface area contributed by atoms with Crippen LogP contribution in [0.4, 0.5) is 4.79 Å². The highest BCUT2D eigenvalue weighted by Crippen LogP contribution is 2.29. The summed E-state index contributed by atoms with van der Waals surface area (Å²) < 4.78 is 4.84. The molecule has 1 aliphatic rings. The maximum Gasteiger partial charge on any atom is 0.329 e. The lowest BCUT2D eigenvalue weighted by Gasteiger charge is -2.25. The summed E-state index contributed by atoms with van der Waals surface area (Å²) in [4.78, 5) is 26.9. The molecule has 0 radical (unpaired) electrons. The molecular formula is C11H16N4O4. The summed E-state index contributed by atoms with van der Waals surface area (Å²) in [5.41, 5.74) is -1.14. The fraction of sp³-hybridized carbons (Fsp3) is 0.636. The maximum atomic E-state index is 11.7. The van der Waals surface area contributed by atoms with Crippen molar-refractivity contribution >= 4 is 12.0 Å². The molecule has 1 aromatic heterocycles. The Hall–Kier alpha value is -2.12. The SMILES string of the molecule is Cc1noc(CNC(=O)NC2(C(=O)O)CCCC2)n1. The second-order valence-corrected chi connectivity index (χ2v) is 4.64.